The SMILES string of the molecule is [2H]C([2H])([2H])c1ccc(-c2cc(C)c(-c3ccccc3)cn2)cc1. The lowest BCUT2D eigenvalue weighted by molar-refractivity contribution is 1.28. The molecule has 0 bridgehead atoms. The molecule has 0 aliphatic heterocycles. The van der Waals surface area contributed by atoms with E-state index in [2.05, 4.69) is 24.0 Å². The molecule has 1 aromatic heterocycles. The van der Waals surface area contributed by atoms with E-state index < -0.39 is 6.85 Å². The molecule has 0 aliphatic rings. The Labute approximate surface area is 124 Å². The Bertz CT molecular complexity index is 806. The van der Waals surface area contributed by atoms with Crippen LogP contribution in [0.5, 0.6) is 0 Å². The van der Waals surface area contributed by atoms with Crippen LogP contribution in [-0.4, -0.2) is 4.98 Å². The fourth-order valence-corrected chi connectivity index (χ4v) is 2.27. The maximum atomic E-state index is 7.42. The van der Waals surface area contributed by atoms with Gasteiger partial charge in [0.1, 0.15) is 0 Å². The van der Waals surface area contributed by atoms with Crippen molar-refractivity contribution in [1.82, 2.24) is 4.98 Å². The predicted molar refractivity (Wildman–Crippen MR) is 84.6 cm³/mol. The van der Waals surface area contributed by atoms with Gasteiger partial charge in [0.15, 0.2) is 0 Å². The molecule has 0 fully saturated rings. The lowest BCUT2D eigenvalue weighted by Gasteiger charge is -2.08. The average Bonchev–Trinajstić information content (AvgIpc) is 2.55. The van der Waals surface area contributed by atoms with Gasteiger partial charge in [0.25, 0.3) is 0 Å². The highest BCUT2D eigenvalue weighted by Gasteiger charge is 2.05. The number of aromatic nitrogens is 1. The predicted octanol–water partition coefficient (Wildman–Crippen LogP) is 5.03. The highest BCUT2D eigenvalue weighted by atomic mass is 14.7. The summed E-state index contributed by atoms with van der Waals surface area (Å²) in [6.07, 6.45) is 1.87. The Morgan fingerprint density at radius 1 is 0.900 bits per heavy atom. The molecule has 0 aliphatic carbocycles. The minimum atomic E-state index is -2.07. The summed E-state index contributed by atoms with van der Waals surface area (Å²) in [5.74, 6) is 0. The Morgan fingerprint density at radius 3 is 2.30 bits per heavy atom. The number of pyridine rings is 1. The highest BCUT2D eigenvalue weighted by molar-refractivity contribution is 5.70. The van der Waals surface area contributed by atoms with Crippen molar-refractivity contribution in [2.45, 2.75) is 13.8 Å². The van der Waals surface area contributed by atoms with Crippen molar-refractivity contribution in [2.24, 2.45) is 0 Å². The third-order valence-electron chi connectivity index (χ3n) is 3.38. The van der Waals surface area contributed by atoms with E-state index in [1.54, 1.807) is 12.1 Å². The van der Waals surface area contributed by atoms with Gasteiger partial charge in [-0.05, 0) is 31.0 Å². The van der Waals surface area contributed by atoms with E-state index in [1.165, 1.54) is 0 Å². The van der Waals surface area contributed by atoms with Gasteiger partial charge >= 0.3 is 0 Å². The first-order valence-electron chi connectivity index (χ1n) is 8.08. The standard InChI is InChI=1S/C19H17N/c1-14-8-10-17(11-9-14)19-12-15(2)18(13-20-19)16-6-4-3-5-7-16/h3-13H,1-2H3/i1D3. The van der Waals surface area contributed by atoms with Crippen LogP contribution in [-0.2, 0) is 0 Å². The van der Waals surface area contributed by atoms with E-state index in [4.69, 9.17) is 4.11 Å². The molecule has 1 heterocycles. The summed E-state index contributed by atoms with van der Waals surface area (Å²) < 4.78 is 22.3. The molecule has 3 rings (SSSR count). The van der Waals surface area contributed by atoms with Gasteiger partial charge in [0, 0.05) is 21.4 Å². The molecule has 0 atom stereocenters. The summed E-state index contributed by atoms with van der Waals surface area (Å²) in [5, 5.41) is 0. The van der Waals surface area contributed by atoms with Crippen molar-refractivity contribution in [3.63, 3.8) is 0 Å². The van der Waals surface area contributed by atoms with Crippen molar-refractivity contribution in [3.05, 3.63) is 78.0 Å². The number of nitrogens with zero attached hydrogens (tertiary/aromatic N) is 1. The Morgan fingerprint density at radius 2 is 1.65 bits per heavy atom. The zero-order chi connectivity index (χ0) is 16.4. The van der Waals surface area contributed by atoms with Crippen LogP contribution < -0.4 is 0 Å². The van der Waals surface area contributed by atoms with Crippen LogP contribution in [0.25, 0.3) is 22.4 Å². The van der Waals surface area contributed by atoms with Gasteiger partial charge in [0.2, 0.25) is 0 Å². The summed E-state index contributed by atoms with van der Waals surface area (Å²) in [4.78, 5) is 4.54. The minimum Gasteiger partial charge on any atom is -0.256 e. The molecular weight excluding hydrogens is 242 g/mol. The number of hydrogen-bond acceptors (Lipinski definition) is 1. The third kappa shape index (κ3) is 2.48. The summed E-state index contributed by atoms with van der Waals surface area (Å²) in [7, 11) is 0. The molecule has 2 aromatic carbocycles. The molecule has 20 heavy (non-hydrogen) atoms. The summed E-state index contributed by atoms with van der Waals surface area (Å²) in [5.41, 5.74) is 5.50. The van der Waals surface area contributed by atoms with Crippen molar-refractivity contribution < 1.29 is 4.11 Å². The van der Waals surface area contributed by atoms with Crippen LogP contribution in [0.2, 0.25) is 0 Å². The molecule has 0 unspecified atom stereocenters. The molecule has 3 aromatic rings. The van der Waals surface area contributed by atoms with Gasteiger partial charge in [0.05, 0.1) is 5.69 Å². The number of rotatable bonds is 2. The Hall–Kier alpha value is -2.41. The highest BCUT2D eigenvalue weighted by Crippen LogP contribution is 2.26. The smallest absolute Gasteiger partial charge is 0.0705 e. The first kappa shape index (κ1) is 9.49. The molecule has 0 spiro atoms. The van der Waals surface area contributed by atoms with Gasteiger partial charge < -0.3 is 0 Å². The topological polar surface area (TPSA) is 12.9 Å². The molecule has 0 saturated carbocycles. The normalized spacial score (nSPS) is 13.3. The van der Waals surface area contributed by atoms with Crippen LogP contribution in [0.1, 0.15) is 15.2 Å². The van der Waals surface area contributed by atoms with Gasteiger partial charge in [-0.2, -0.15) is 0 Å². The first-order chi connectivity index (χ1) is 10.9. The monoisotopic (exact) mass is 262 g/mol. The third-order valence-corrected chi connectivity index (χ3v) is 3.38. The minimum absolute atomic E-state index is 0.346. The van der Waals surface area contributed by atoms with Gasteiger partial charge in [-0.3, -0.25) is 4.98 Å². The summed E-state index contributed by atoms with van der Waals surface area (Å²) in [6.45, 7) is -0.0106. The molecule has 1 nitrogen and oxygen atoms in total. The van der Waals surface area contributed by atoms with E-state index in [-0.39, 0.29) is 0 Å². The molecule has 98 valence electrons. The van der Waals surface area contributed by atoms with E-state index in [9.17, 15) is 0 Å². The maximum absolute atomic E-state index is 7.42. The van der Waals surface area contributed by atoms with Crippen LogP contribution in [0.3, 0.4) is 0 Å². The molecule has 0 amide bonds. The molecule has 0 saturated heterocycles. The number of aryl methyl sites for hydroxylation is 2. The van der Waals surface area contributed by atoms with Crippen LogP contribution in [0.15, 0.2) is 66.9 Å². The lowest BCUT2D eigenvalue weighted by atomic mass is 10.0. The maximum Gasteiger partial charge on any atom is 0.0705 e. The number of benzene rings is 2. The molecule has 0 N–H and O–H groups in total. The fraction of sp³-hybridized carbons (Fsp3) is 0.105. The van der Waals surface area contributed by atoms with E-state index >= 15 is 0 Å². The summed E-state index contributed by atoms with van der Waals surface area (Å²) >= 11 is 0. The summed E-state index contributed by atoms with van der Waals surface area (Å²) in [6, 6.07) is 19.1. The van der Waals surface area contributed by atoms with Crippen molar-refractivity contribution in [2.75, 3.05) is 0 Å². The van der Waals surface area contributed by atoms with Crippen molar-refractivity contribution in [3.8, 4) is 22.4 Å². The Balaban J connectivity index is 1.94. The zero-order valence-corrected chi connectivity index (χ0v) is 11.3. The van der Waals surface area contributed by atoms with Gasteiger partial charge in [-0.15, -0.1) is 0 Å². The van der Waals surface area contributed by atoms with E-state index in [0.717, 1.165) is 27.9 Å². The zero-order valence-electron chi connectivity index (χ0n) is 14.3. The Kier molecular flexibility index (Phi) is 2.51. The van der Waals surface area contributed by atoms with Crippen molar-refractivity contribution in [1.29, 1.82) is 0 Å². The second-order valence-corrected chi connectivity index (χ2v) is 4.83. The quantitative estimate of drug-likeness (QED) is 0.631. The van der Waals surface area contributed by atoms with E-state index in [0.29, 0.717) is 5.56 Å². The van der Waals surface area contributed by atoms with Gasteiger partial charge in [-0.25, -0.2) is 0 Å². The average molecular weight is 262 g/mol. The van der Waals surface area contributed by atoms with Crippen molar-refractivity contribution >= 4 is 0 Å². The first-order valence-corrected chi connectivity index (χ1v) is 6.58. The second kappa shape index (κ2) is 5.30. The molecule has 1 heteroatoms. The second-order valence-electron chi connectivity index (χ2n) is 4.83. The number of hydrogen-bond donors (Lipinski definition) is 0. The van der Waals surface area contributed by atoms with Crippen LogP contribution in [0.4, 0.5) is 0 Å². The van der Waals surface area contributed by atoms with Crippen LogP contribution >= 0.6 is 0 Å². The largest absolute Gasteiger partial charge is 0.256 e. The molecular formula is C19H17N. The fourth-order valence-electron chi connectivity index (χ4n) is 2.27. The lowest BCUT2D eigenvalue weighted by Crippen LogP contribution is -1.89. The molecule has 0 radical (unpaired) electrons. The van der Waals surface area contributed by atoms with E-state index in [1.807, 2.05) is 42.6 Å². The van der Waals surface area contributed by atoms with Crippen LogP contribution in [0, 0.1) is 13.8 Å². The van der Waals surface area contributed by atoms with Gasteiger partial charge in [-0.1, -0.05) is 60.2 Å².